The fourth-order valence-corrected chi connectivity index (χ4v) is 4.95. The third-order valence-electron chi connectivity index (χ3n) is 3.64. The van der Waals surface area contributed by atoms with Gasteiger partial charge < -0.3 is 0 Å². The van der Waals surface area contributed by atoms with Gasteiger partial charge in [-0.1, -0.05) is 0 Å². The van der Waals surface area contributed by atoms with Gasteiger partial charge >= 0.3 is 137 Å². The van der Waals surface area contributed by atoms with Gasteiger partial charge in [0, 0.05) is 0 Å². The number of hydrogen-bond donors (Lipinski definition) is 0. The fraction of sp³-hybridized carbons (Fsp3) is 0.278. The summed E-state index contributed by atoms with van der Waals surface area (Å²) in [6.07, 6.45) is 3.53. The first kappa shape index (κ1) is 15.3. The molecule has 4 heteroatoms. The van der Waals surface area contributed by atoms with Crippen LogP contribution in [-0.4, -0.2) is 43.6 Å². The van der Waals surface area contributed by atoms with Crippen LogP contribution in [-0.2, 0) is 4.74 Å². The zero-order chi connectivity index (χ0) is 15.2. The SMILES string of the molecule is [O-]/[N+](=C\c1ccccc1)[C@@H]1CCCO[C@H]1[Se]c1ccccc1. The summed E-state index contributed by atoms with van der Waals surface area (Å²) >= 11 is 0.152. The van der Waals surface area contributed by atoms with Crippen LogP contribution >= 0.6 is 0 Å². The summed E-state index contributed by atoms with van der Waals surface area (Å²) in [6, 6.07) is 20.0. The summed E-state index contributed by atoms with van der Waals surface area (Å²) in [5, 5.41) is 12.6. The Morgan fingerprint density at radius 3 is 2.45 bits per heavy atom. The third-order valence-corrected chi connectivity index (χ3v) is 6.21. The molecule has 2 aromatic carbocycles. The van der Waals surface area contributed by atoms with E-state index in [9.17, 15) is 5.21 Å². The van der Waals surface area contributed by atoms with E-state index in [4.69, 9.17) is 4.74 Å². The van der Waals surface area contributed by atoms with E-state index in [2.05, 4.69) is 12.1 Å². The van der Waals surface area contributed by atoms with Crippen LogP contribution in [0, 0.1) is 5.21 Å². The molecule has 0 radical (unpaired) electrons. The molecule has 0 bridgehead atoms. The Bertz CT molecular complexity index is 615. The Balaban J connectivity index is 1.76. The second kappa shape index (κ2) is 7.59. The molecule has 1 saturated heterocycles. The molecule has 22 heavy (non-hydrogen) atoms. The van der Waals surface area contributed by atoms with Gasteiger partial charge in [-0.15, -0.1) is 0 Å². The van der Waals surface area contributed by atoms with Crippen molar-refractivity contribution in [3.8, 4) is 0 Å². The zero-order valence-electron chi connectivity index (χ0n) is 12.3. The van der Waals surface area contributed by atoms with E-state index in [0.717, 1.165) is 29.8 Å². The van der Waals surface area contributed by atoms with Crippen LogP contribution in [0.5, 0.6) is 0 Å². The maximum absolute atomic E-state index is 12.6. The van der Waals surface area contributed by atoms with E-state index in [1.807, 2.05) is 48.5 Å². The quantitative estimate of drug-likeness (QED) is 0.275. The normalized spacial score (nSPS) is 22.5. The zero-order valence-corrected chi connectivity index (χ0v) is 14.0. The van der Waals surface area contributed by atoms with Crippen molar-refractivity contribution in [3.05, 3.63) is 71.4 Å². The van der Waals surface area contributed by atoms with Crippen molar-refractivity contribution < 1.29 is 9.48 Å². The molecular weight excluding hydrogens is 341 g/mol. The maximum atomic E-state index is 12.6. The van der Waals surface area contributed by atoms with E-state index in [1.165, 1.54) is 4.46 Å². The van der Waals surface area contributed by atoms with Gasteiger partial charge in [0.15, 0.2) is 0 Å². The van der Waals surface area contributed by atoms with Crippen LogP contribution in [0.15, 0.2) is 60.7 Å². The summed E-state index contributed by atoms with van der Waals surface area (Å²) < 4.78 is 8.30. The standard InChI is InChI=1S/C18H19NO2Se/c20-19(14-15-8-3-1-4-9-15)17-12-7-13-21-18(17)22-16-10-5-2-6-11-16/h1-6,8-11,14,17-18H,7,12-13H2/b19-14-/t17-,18+/m1/s1. The Morgan fingerprint density at radius 2 is 1.73 bits per heavy atom. The predicted octanol–water partition coefficient (Wildman–Crippen LogP) is 2.15. The number of rotatable bonds is 4. The van der Waals surface area contributed by atoms with Gasteiger partial charge in [0.1, 0.15) is 0 Å². The molecule has 0 saturated carbocycles. The summed E-state index contributed by atoms with van der Waals surface area (Å²) in [7, 11) is 0. The first-order chi connectivity index (χ1) is 10.8. The number of hydroxylamine groups is 1. The summed E-state index contributed by atoms with van der Waals surface area (Å²) in [5.74, 6) is 0. The van der Waals surface area contributed by atoms with E-state index in [1.54, 1.807) is 6.21 Å². The molecule has 0 N–H and O–H groups in total. The summed E-state index contributed by atoms with van der Waals surface area (Å²) in [5.41, 5.74) is 0.939. The van der Waals surface area contributed by atoms with Gasteiger partial charge in [-0.2, -0.15) is 0 Å². The predicted molar refractivity (Wildman–Crippen MR) is 89.8 cm³/mol. The Labute approximate surface area is 137 Å². The summed E-state index contributed by atoms with van der Waals surface area (Å²) in [4.78, 5) is 0. The van der Waals surface area contributed by atoms with Crippen LogP contribution in [0.2, 0.25) is 0 Å². The van der Waals surface area contributed by atoms with Crippen LogP contribution in [0.3, 0.4) is 0 Å². The molecule has 1 aliphatic rings. The molecule has 1 aliphatic heterocycles. The van der Waals surface area contributed by atoms with Crippen molar-refractivity contribution in [3.63, 3.8) is 0 Å². The van der Waals surface area contributed by atoms with Gasteiger partial charge in [0.05, 0.1) is 0 Å². The van der Waals surface area contributed by atoms with Crippen molar-refractivity contribution >= 4 is 25.6 Å². The molecule has 114 valence electrons. The second-order valence-corrected chi connectivity index (χ2v) is 7.74. The topological polar surface area (TPSA) is 35.3 Å². The van der Waals surface area contributed by atoms with E-state index in [0.29, 0.717) is 0 Å². The van der Waals surface area contributed by atoms with Crippen molar-refractivity contribution in [2.75, 3.05) is 6.61 Å². The molecule has 1 fully saturated rings. The van der Waals surface area contributed by atoms with Crippen molar-refractivity contribution in [1.29, 1.82) is 0 Å². The number of benzene rings is 2. The molecule has 3 nitrogen and oxygen atoms in total. The van der Waals surface area contributed by atoms with Gasteiger partial charge in [-0.05, 0) is 0 Å². The fourth-order valence-electron chi connectivity index (χ4n) is 2.51. The van der Waals surface area contributed by atoms with E-state index < -0.39 is 0 Å². The molecule has 0 aliphatic carbocycles. The van der Waals surface area contributed by atoms with Crippen LogP contribution < -0.4 is 4.46 Å². The van der Waals surface area contributed by atoms with E-state index >= 15 is 0 Å². The third kappa shape index (κ3) is 3.98. The van der Waals surface area contributed by atoms with Gasteiger partial charge in [-0.25, -0.2) is 0 Å². The molecule has 2 aromatic rings. The molecule has 0 aromatic heterocycles. The number of nitrogens with zero attached hydrogens (tertiary/aromatic N) is 1. The minimum atomic E-state index is -0.0887. The second-order valence-electron chi connectivity index (χ2n) is 5.28. The number of hydrogen-bond acceptors (Lipinski definition) is 2. The average Bonchev–Trinajstić information content (AvgIpc) is 2.57. The van der Waals surface area contributed by atoms with E-state index in [-0.39, 0.29) is 26.0 Å². The van der Waals surface area contributed by atoms with Gasteiger partial charge in [-0.3, -0.25) is 0 Å². The van der Waals surface area contributed by atoms with Crippen molar-refractivity contribution in [2.24, 2.45) is 0 Å². The Morgan fingerprint density at radius 1 is 1.05 bits per heavy atom. The Hall–Kier alpha value is -1.61. The molecular formula is C18H19NO2Se. The summed E-state index contributed by atoms with van der Waals surface area (Å²) in [6.45, 7) is 0.759. The van der Waals surface area contributed by atoms with Crippen molar-refractivity contribution in [1.82, 2.24) is 0 Å². The van der Waals surface area contributed by atoms with Crippen LogP contribution in [0.25, 0.3) is 0 Å². The average molecular weight is 360 g/mol. The number of ether oxygens (including phenoxy) is 1. The molecule has 2 atom stereocenters. The molecule has 3 rings (SSSR count). The van der Waals surface area contributed by atoms with Crippen molar-refractivity contribution in [2.45, 2.75) is 23.9 Å². The Kier molecular flexibility index (Phi) is 5.28. The monoisotopic (exact) mass is 361 g/mol. The molecule has 0 unspecified atom stereocenters. The first-order valence-corrected chi connectivity index (χ1v) is 9.36. The molecule has 0 spiro atoms. The molecule has 1 heterocycles. The van der Waals surface area contributed by atoms with Crippen LogP contribution in [0.4, 0.5) is 0 Å². The first-order valence-electron chi connectivity index (χ1n) is 7.51. The van der Waals surface area contributed by atoms with Crippen LogP contribution in [0.1, 0.15) is 18.4 Å². The van der Waals surface area contributed by atoms with Gasteiger partial charge in [0.2, 0.25) is 0 Å². The minimum absolute atomic E-state index is 0.0149. The van der Waals surface area contributed by atoms with Gasteiger partial charge in [0.25, 0.3) is 0 Å². The molecule has 0 amide bonds.